The Morgan fingerprint density at radius 1 is 1.15 bits per heavy atom. The summed E-state index contributed by atoms with van der Waals surface area (Å²) >= 11 is 0. The van der Waals surface area contributed by atoms with Crippen molar-refractivity contribution in [1.29, 1.82) is 0 Å². The number of alkyl halides is 2. The number of halogens is 3. The molecular formula is C23H18F3N3O3S. The second kappa shape index (κ2) is 7.87. The number of aryl methyl sites for hydroxylation is 1. The van der Waals surface area contributed by atoms with Crippen molar-refractivity contribution >= 4 is 20.9 Å². The van der Waals surface area contributed by atoms with Crippen LogP contribution in [0.4, 0.5) is 13.2 Å². The van der Waals surface area contributed by atoms with Crippen LogP contribution in [-0.4, -0.2) is 35.8 Å². The summed E-state index contributed by atoms with van der Waals surface area (Å²) in [5.41, 5.74) is 2.33. The first kappa shape index (κ1) is 21.4. The number of nitrogens with zero attached hydrogens (tertiary/aromatic N) is 3. The first-order chi connectivity index (χ1) is 15.7. The quantitative estimate of drug-likeness (QED) is 0.417. The fourth-order valence-electron chi connectivity index (χ4n) is 4.32. The molecule has 3 heterocycles. The van der Waals surface area contributed by atoms with Crippen molar-refractivity contribution < 1.29 is 26.3 Å². The average Bonchev–Trinajstić information content (AvgIpc) is 3.31. The van der Waals surface area contributed by atoms with E-state index >= 15 is 0 Å². The predicted molar refractivity (Wildman–Crippen MR) is 116 cm³/mol. The second-order valence-electron chi connectivity index (χ2n) is 7.85. The predicted octanol–water partition coefficient (Wildman–Crippen LogP) is 4.78. The summed E-state index contributed by atoms with van der Waals surface area (Å²) in [6, 6.07) is 12.1. The highest BCUT2D eigenvalue weighted by atomic mass is 32.2. The molecule has 0 saturated heterocycles. The Labute approximate surface area is 187 Å². The lowest BCUT2D eigenvalue weighted by Crippen LogP contribution is -2.10. The summed E-state index contributed by atoms with van der Waals surface area (Å²) in [5, 5.41) is -0.103. The SMILES string of the molecule is CS(=O)(=O)c1ccc(-c2cc3c(cc2F)nc2n3[C@H](c3ccccc3OC(F)F)CC2)cn1. The highest BCUT2D eigenvalue weighted by Gasteiger charge is 2.30. The standard InChI is InChI=1S/C23H18F3N3O3S/c1-33(30,31)22-9-6-13(12-27-22)15-10-19-17(11-16(15)24)28-21-8-7-18(29(19)21)14-4-2-3-5-20(14)32-23(25)26/h2-6,9-12,18,23H,7-8H2,1H3/t18-/m0/s1. The van der Waals surface area contributed by atoms with Crippen molar-refractivity contribution in [2.75, 3.05) is 6.26 Å². The molecule has 2 aromatic heterocycles. The number of benzene rings is 2. The highest BCUT2D eigenvalue weighted by Crippen LogP contribution is 2.40. The van der Waals surface area contributed by atoms with Crippen LogP contribution < -0.4 is 4.74 Å². The van der Waals surface area contributed by atoms with E-state index < -0.39 is 22.3 Å². The molecule has 1 aliphatic heterocycles. The van der Waals surface area contributed by atoms with Gasteiger partial charge in [-0.2, -0.15) is 8.78 Å². The number of ether oxygens (including phenoxy) is 1. The van der Waals surface area contributed by atoms with Crippen molar-refractivity contribution in [3.8, 4) is 16.9 Å². The summed E-state index contributed by atoms with van der Waals surface area (Å²) in [7, 11) is -3.48. The lowest BCUT2D eigenvalue weighted by Gasteiger charge is -2.19. The van der Waals surface area contributed by atoms with Gasteiger partial charge in [-0.1, -0.05) is 18.2 Å². The van der Waals surface area contributed by atoms with Crippen molar-refractivity contribution in [2.24, 2.45) is 0 Å². The lowest BCUT2D eigenvalue weighted by atomic mass is 10.0. The van der Waals surface area contributed by atoms with Gasteiger partial charge in [0.2, 0.25) is 0 Å². The van der Waals surface area contributed by atoms with Crippen LogP contribution in [0.2, 0.25) is 0 Å². The molecular weight excluding hydrogens is 455 g/mol. The van der Waals surface area contributed by atoms with Crippen LogP contribution in [0.1, 0.15) is 23.9 Å². The molecule has 0 bridgehead atoms. The Morgan fingerprint density at radius 3 is 2.64 bits per heavy atom. The summed E-state index contributed by atoms with van der Waals surface area (Å²) < 4.78 is 70.8. The van der Waals surface area contributed by atoms with Gasteiger partial charge in [0.05, 0.1) is 17.1 Å². The van der Waals surface area contributed by atoms with Gasteiger partial charge in [-0.3, -0.25) is 0 Å². The highest BCUT2D eigenvalue weighted by molar-refractivity contribution is 7.90. The van der Waals surface area contributed by atoms with E-state index in [1.54, 1.807) is 24.3 Å². The van der Waals surface area contributed by atoms with Gasteiger partial charge < -0.3 is 9.30 Å². The number of hydrogen-bond acceptors (Lipinski definition) is 5. The van der Waals surface area contributed by atoms with Crippen LogP contribution >= 0.6 is 0 Å². The fraction of sp³-hybridized carbons (Fsp3) is 0.217. The molecule has 0 spiro atoms. The summed E-state index contributed by atoms with van der Waals surface area (Å²) in [6.45, 7) is -2.95. The molecule has 10 heteroatoms. The average molecular weight is 473 g/mol. The molecule has 1 atom stereocenters. The molecule has 0 aliphatic carbocycles. The molecule has 0 N–H and O–H groups in total. The van der Waals surface area contributed by atoms with E-state index in [0.717, 1.165) is 12.1 Å². The normalized spacial score (nSPS) is 15.8. The summed E-state index contributed by atoms with van der Waals surface area (Å²) in [4.78, 5) is 8.49. The first-order valence-corrected chi connectivity index (χ1v) is 12.0. The second-order valence-corrected chi connectivity index (χ2v) is 9.81. The Bertz CT molecular complexity index is 1470. The number of rotatable bonds is 5. The minimum Gasteiger partial charge on any atom is -0.434 e. The zero-order valence-electron chi connectivity index (χ0n) is 17.4. The molecule has 4 aromatic rings. The fourth-order valence-corrected chi connectivity index (χ4v) is 4.88. The molecule has 33 heavy (non-hydrogen) atoms. The molecule has 0 unspecified atom stereocenters. The van der Waals surface area contributed by atoms with Crippen molar-refractivity contribution in [2.45, 2.75) is 30.5 Å². The molecule has 2 aromatic carbocycles. The summed E-state index contributed by atoms with van der Waals surface area (Å²) in [6.07, 6.45) is 3.60. The number of hydrogen-bond donors (Lipinski definition) is 0. The molecule has 5 rings (SSSR count). The zero-order chi connectivity index (χ0) is 23.3. The van der Waals surface area contributed by atoms with Crippen LogP contribution in [-0.2, 0) is 16.3 Å². The maximum absolute atomic E-state index is 14.9. The molecule has 6 nitrogen and oxygen atoms in total. The smallest absolute Gasteiger partial charge is 0.387 e. The third-order valence-corrected chi connectivity index (χ3v) is 6.73. The van der Waals surface area contributed by atoms with Crippen LogP contribution in [0.25, 0.3) is 22.2 Å². The molecule has 0 amide bonds. The zero-order valence-corrected chi connectivity index (χ0v) is 18.2. The minimum absolute atomic E-state index is 0.0927. The molecule has 1 aliphatic rings. The Balaban J connectivity index is 1.62. The van der Waals surface area contributed by atoms with Crippen molar-refractivity contribution in [3.05, 3.63) is 71.9 Å². The van der Waals surface area contributed by atoms with Gasteiger partial charge in [0, 0.05) is 41.6 Å². The Kier molecular flexibility index (Phi) is 5.12. The Morgan fingerprint density at radius 2 is 1.94 bits per heavy atom. The number of pyridine rings is 1. The van der Waals surface area contributed by atoms with Gasteiger partial charge in [0.15, 0.2) is 14.9 Å². The third kappa shape index (κ3) is 3.84. The van der Waals surface area contributed by atoms with E-state index in [0.29, 0.717) is 35.0 Å². The number of sulfone groups is 1. The van der Waals surface area contributed by atoms with Crippen molar-refractivity contribution in [3.63, 3.8) is 0 Å². The van der Waals surface area contributed by atoms with Gasteiger partial charge in [-0.15, -0.1) is 0 Å². The maximum Gasteiger partial charge on any atom is 0.387 e. The maximum atomic E-state index is 14.9. The van der Waals surface area contributed by atoms with E-state index in [1.807, 2.05) is 4.57 Å². The molecule has 0 saturated carbocycles. The largest absolute Gasteiger partial charge is 0.434 e. The van der Waals surface area contributed by atoms with Gasteiger partial charge in [-0.25, -0.2) is 22.8 Å². The van der Waals surface area contributed by atoms with E-state index in [-0.39, 0.29) is 22.4 Å². The van der Waals surface area contributed by atoms with Crippen molar-refractivity contribution in [1.82, 2.24) is 14.5 Å². The monoisotopic (exact) mass is 473 g/mol. The van der Waals surface area contributed by atoms with Crippen LogP contribution in [0.5, 0.6) is 5.75 Å². The Hall–Kier alpha value is -3.40. The van der Waals surface area contributed by atoms with Crippen LogP contribution in [0.15, 0.2) is 59.8 Å². The van der Waals surface area contributed by atoms with E-state index in [4.69, 9.17) is 4.74 Å². The number of imidazole rings is 1. The lowest BCUT2D eigenvalue weighted by molar-refractivity contribution is -0.0506. The van der Waals surface area contributed by atoms with Crippen LogP contribution in [0.3, 0.4) is 0 Å². The van der Waals surface area contributed by atoms with E-state index in [9.17, 15) is 21.6 Å². The van der Waals surface area contributed by atoms with Gasteiger partial charge in [0.25, 0.3) is 0 Å². The third-order valence-electron chi connectivity index (χ3n) is 5.73. The van der Waals surface area contributed by atoms with Gasteiger partial charge >= 0.3 is 6.61 Å². The van der Waals surface area contributed by atoms with Crippen LogP contribution in [0, 0.1) is 5.82 Å². The van der Waals surface area contributed by atoms with E-state index in [2.05, 4.69) is 9.97 Å². The number of aromatic nitrogens is 3. The topological polar surface area (TPSA) is 74.1 Å². The molecule has 170 valence electrons. The summed E-state index contributed by atoms with van der Waals surface area (Å²) in [5.74, 6) is 0.296. The number of fused-ring (bicyclic) bond motifs is 3. The van der Waals surface area contributed by atoms with Gasteiger partial charge in [-0.05, 0) is 30.7 Å². The van der Waals surface area contributed by atoms with E-state index in [1.165, 1.54) is 30.5 Å². The molecule has 0 radical (unpaired) electrons. The van der Waals surface area contributed by atoms with Gasteiger partial charge in [0.1, 0.15) is 17.4 Å². The minimum atomic E-state index is -3.48. The molecule has 0 fully saturated rings. The first-order valence-electron chi connectivity index (χ1n) is 10.1. The number of para-hydroxylation sites is 1.